The molecule has 1 aromatic heterocycles. The van der Waals surface area contributed by atoms with E-state index in [1.54, 1.807) is 17.0 Å². The minimum Gasteiger partial charge on any atom is -0.465 e. The molecule has 1 atom stereocenters. The van der Waals surface area contributed by atoms with Gasteiger partial charge in [-0.15, -0.1) is 0 Å². The summed E-state index contributed by atoms with van der Waals surface area (Å²) in [6.07, 6.45) is 3.90. The lowest BCUT2D eigenvalue weighted by atomic mass is 10.0. The summed E-state index contributed by atoms with van der Waals surface area (Å²) in [6, 6.07) is 9.59. The van der Waals surface area contributed by atoms with Gasteiger partial charge < -0.3 is 9.30 Å². The first-order valence-corrected chi connectivity index (χ1v) is 9.62. The number of benzene rings is 1. The molecule has 9 nitrogen and oxygen atoms in total. The van der Waals surface area contributed by atoms with Gasteiger partial charge in [0.1, 0.15) is 17.1 Å². The molecule has 0 spiro atoms. The fourth-order valence-electron chi connectivity index (χ4n) is 3.37. The first-order chi connectivity index (χ1) is 14.5. The molecular weight excluding hydrogens is 384 g/mol. The highest BCUT2D eigenvalue weighted by Gasteiger charge is 2.26. The second-order valence-electron chi connectivity index (χ2n) is 7.36. The zero-order valence-corrected chi connectivity index (χ0v) is 16.9. The van der Waals surface area contributed by atoms with Crippen LogP contribution >= 0.6 is 0 Å². The van der Waals surface area contributed by atoms with E-state index in [1.807, 2.05) is 44.2 Å². The van der Waals surface area contributed by atoms with Gasteiger partial charge in [0.25, 0.3) is 5.56 Å². The Labute approximate surface area is 172 Å². The van der Waals surface area contributed by atoms with E-state index in [1.165, 1.54) is 7.11 Å². The maximum absolute atomic E-state index is 12.4. The van der Waals surface area contributed by atoms with Crippen LogP contribution in [0, 0.1) is 0 Å². The number of nitrogens with one attached hydrogen (secondary N) is 2. The zero-order valence-electron chi connectivity index (χ0n) is 16.9. The molecule has 4 rings (SSSR count). The van der Waals surface area contributed by atoms with Crippen molar-refractivity contribution in [3.8, 4) is 11.3 Å². The van der Waals surface area contributed by atoms with Crippen molar-refractivity contribution in [3.05, 3.63) is 75.9 Å². The van der Waals surface area contributed by atoms with Crippen molar-refractivity contribution in [2.24, 2.45) is 0 Å². The van der Waals surface area contributed by atoms with Gasteiger partial charge in [-0.25, -0.2) is 14.9 Å². The number of pyridine rings is 1. The van der Waals surface area contributed by atoms with Crippen molar-refractivity contribution in [2.75, 3.05) is 7.11 Å². The number of ether oxygens (including phenoxy) is 1. The van der Waals surface area contributed by atoms with Gasteiger partial charge in [0.2, 0.25) is 0 Å². The molecule has 9 heteroatoms. The molecule has 2 aliphatic rings. The third-order valence-corrected chi connectivity index (χ3v) is 4.97. The van der Waals surface area contributed by atoms with Crippen LogP contribution in [0.3, 0.4) is 0 Å². The van der Waals surface area contributed by atoms with Gasteiger partial charge in [-0.1, -0.05) is 44.2 Å². The molecule has 154 valence electrons. The fraction of sp³-hybridized carbons (Fsp3) is 0.286. The highest BCUT2D eigenvalue weighted by molar-refractivity contribution is 5.95. The Morgan fingerprint density at radius 1 is 1.13 bits per heavy atom. The summed E-state index contributed by atoms with van der Waals surface area (Å²) in [7, 11) is 1.29. The Hall–Kier alpha value is -3.75. The van der Waals surface area contributed by atoms with Crippen molar-refractivity contribution in [1.82, 2.24) is 29.9 Å². The van der Waals surface area contributed by atoms with Gasteiger partial charge in [0.05, 0.1) is 18.7 Å². The predicted molar refractivity (Wildman–Crippen MR) is 110 cm³/mol. The number of rotatable bonds is 6. The highest BCUT2D eigenvalue weighted by atomic mass is 16.5. The lowest BCUT2D eigenvalue weighted by Gasteiger charge is -2.21. The molecule has 0 unspecified atom stereocenters. The monoisotopic (exact) mass is 406 g/mol. The second kappa shape index (κ2) is 7.94. The number of fused-ring (bicyclic) bond motifs is 1. The minimum absolute atomic E-state index is 0.160. The molecule has 2 N–H and O–H groups in total. The molecule has 0 saturated carbocycles. The third kappa shape index (κ3) is 3.61. The number of H-pyrrole nitrogens is 2. The molecule has 0 aliphatic carbocycles. The number of hydrogen-bond acceptors (Lipinski definition) is 6. The first kappa shape index (κ1) is 19.6. The number of esters is 1. The highest BCUT2D eigenvalue weighted by Crippen LogP contribution is 2.27. The topological polar surface area (TPSA) is 119 Å². The summed E-state index contributed by atoms with van der Waals surface area (Å²) in [5, 5.41) is 13.7. The van der Waals surface area contributed by atoms with E-state index in [-0.39, 0.29) is 28.8 Å². The molecule has 30 heavy (non-hydrogen) atoms. The van der Waals surface area contributed by atoms with E-state index < -0.39 is 5.97 Å². The van der Waals surface area contributed by atoms with E-state index in [0.717, 1.165) is 5.56 Å². The van der Waals surface area contributed by atoms with Gasteiger partial charge in [-0.3, -0.25) is 9.89 Å². The van der Waals surface area contributed by atoms with Crippen LogP contribution in [0.1, 0.15) is 53.4 Å². The van der Waals surface area contributed by atoms with Crippen molar-refractivity contribution >= 4 is 5.97 Å². The zero-order chi connectivity index (χ0) is 21.3. The van der Waals surface area contributed by atoms with Crippen LogP contribution in [0.5, 0.6) is 0 Å². The maximum Gasteiger partial charge on any atom is 0.341 e. The molecule has 0 fully saturated rings. The third-order valence-electron chi connectivity index (χ3n) is 4.97. The Bertz CT molecular complexity index is 1190. The SMILES string of the molecule is COC(=O)c1cn([C@@H](Cc2ccccc2)c2nc(C(C)C)n[nH]2)cc2c(=O)[nH]nc1-2. The smallest absolute Gasteiger partial charge is 0.341 e. The lowest BCUT2D eigenvalue weighted by molar-refractivity contribution is 0.0600. The molecule has 2 aromatic rings. The van der Waals surface area contributed by atoms with Gasteiger partial charge >= 0.3 is 5.97 Å². The number of nitrogens with zero attached hydrogens (tertiary/aromatic N) is 4. The molecule has 0 amide bonds. The van der Waals surface area contributed by atoms with Crippen LogP contribution in [-0.4, -0.2) is 43.0 Å². The molecular formula is C21H22N6O3. The standard InChI is InChI=1S/C21H22N6O3/c1-12(2)18-22-19(25-24-18)16(9-13-7-5-4-6-8-13)27-10-14-17(23-26-20(14)28)15(11-27)21(29)30-3/h4-8,10-12,16H,9H2,1-3H3,(H,26,28)(H,22,24,25)/t16-/m0/s1. The summed E-state index contributed by atoms with van der Waals surface area (Å²) >= 11 is 0. The number of carbonyl (C=O) groups is 1. The average Bonchev–Trinajstić information content (AvgIpc) is 3.39. The summed E-state index contributed by atoms with van der Waals surface area (Å²) in [5.41, 5.74) is 1.49. The maximum atomic E-state index is 12.4. The number of hydrogen-bond donors (Lipinski definition) is 2. The number of aromatic nitrogens is 6. The van der Waals surface area contributed by atoms with Crippen LogP contribution in [0.25, 0.3) is 11.3 Å². The average molecular weight is 406 g/mol. The van der Waals surface area contributed by atoms with Crippen LogP contribution in [0.15, 0.2) is 47.5 Å². The largest absolute Gasteiger partial charge is 0.465 e. The number of methoxy groups -OCH3 is 1. The van der Waals surface area contributed by atoms with Crippen molar-refractivity contribution in [1.29, 1.82) is 0 Å². The van der Waals surface area contributed by atoms with Gasteiger partial charge in [-0.05, 0) is 5.56 Å². The van der Waals surface area contributed by atoms with Crippen LogP contribution in [0.4, 0.5) is 0 Å². The van der Waals surface area contributed by atoms with Crippen LogP contribution in [0.2, 0.25) is 0 Å². The van der Waals surface area contributed by atoms with Crippen LogP contribution < -0.4 is 5.56 Å². The first-order valence-electron chi connectivity index (χ1n) is 9.62. The quantitative estimate of drug-likeness (QED) is 0.475. The normalized spacial score (nSPS) is 12.4. The predicted octanol–water partition coefficient (Wildman–Crippen LogP) is 2.54. The van der Waals surface area contributed by atoms with Crippen LogP contribution in [-0.2, 0) is 11.2 Å². The summed E-state index contributed by atoms with van der Waals surface area (Å²) in [4.78, 5) is 29.3. The molecule has 2 aliphatic heterocycles. The summed E-state index contributed by atoms with van der Waals surface area (Å²) in [6.45, 7) is 4.03. The molecule has 0 saturated heterocycles. The second-order valence-corrected chi connectivity index (χ2v) is 7.36. The molecule has 3 heterocycles. The molecule has 0 radical (unpaired) electrons. The molecule has 0 bridgehead atoms. The van der Waals surface area contributed by atoms with E-state index >= 15 is 0 Å². The van der Waals surface area contributed by atoms with E-state index in [0.29, 0.717) is 23.6 Å². The van der Waals surface area contributed by atoms with E-state index in [2.05, 4.69) is 25.4 Å². The Balaban J connectivity index is 1.88. The van der Waals surface area contributed by atoms with Gasteiger partial charge in [-0.2, -0.15) is 10.2 Å². The summed E-state index contributed by atoms with van der Waals surface area (Å²) < 4.78 is 6.70. The fourth-order valence-corrected chi connectivity index (χ4v) is 3.37. The Morgan fingerprint density at radius 3 is 2.57 bits per heavy atom. The van der Waals surface area contributed by atoms with E-state index in [4.69, 9.17) is 4.74 Å². The number of carbonyl (C=O) groups excluding carboxylic acids is 1. The number of aromatic amines is 2. The van der Waals surface area contributed by atoms with Crippen molar-refractivity contribution in [3.63, 3.8) is 0 Å². The van der Waals surface area contributed by atoms with E-state index in [9.17, 15) is 9.59 Å². The van der Waals surface area contributed by atoms with Gasteiger partial charge in [0, 0.05) is 24.7 Å². The van der Waals surface area contributed by atoms with Gasteiger partial charge in [0.15, 0.2) is 5.82 Å². The lowest BCUT2D eigenvalue weighted by Crippen LogP contribution is -2.19. The molecule has 1 aromatic carbocycles. The minimum atomic E-state index is -0.570. The Morgan fingerprint density at radius 2 is 1.90 bits per heavy atom. The Kier molecular flexibility index (Phi) is 5.18. The van der Waals surface area contributed by atoms with Crippen molar-refractivity contribution in [2.45, 2.75) is 32.2 Å². The van der Waals surface area contributed by atoms with Crippen molar-refractivity contribution < 1.29 is 9.53 Å². The summed E-state index contributed by atoms with van der Waals surface area (Å²) in [5.74, 6) is 0.928.